The minimum Gasteiger partial charge on any atom is -0.316 e. The van der Waals surface area contributed by atoms with Crippen LogP contribution >= 0.6 is 0 Å². The molecule has 0 unspecified atom stereocenters. The van der Waals surface area contributed by atoms with E-state index >= 15 is 0 Å². The molecule has 2 rings (SSSR count). The molecule has 1 heterocycles. The third-order valence-electron chi connectivity index (χ3n) is 3.17. The monoisotopic (exact) mass is 229 g/mol. The van der Waals surface area contributed by atoms with Crippen molar-refractivity contribution >= 4 is 0 Å². The van der Waals surface area contributed by atoms with E-state index in [4.69, 9.17) is 0 Å². The summed E-state index contributed by atoms with van der Waals surface area (Å²) in [5.41, 5.74) is 6.07. The SMILES string of the molecule is CNCc1ccc(C)c(-n2cnc(C)c2C)c1. The molecule has 17 heavy (non-hydrogen) atoms. The largest absolute Gasteiger partial charge is 0.316 e. The van der Waals surface area contributed by atoms with Crippen LogP contribution in [-0.2, 0) is 6.54 Å². The van der Waals surface area contributed by atoms with E-state index in [1.165, 1.54) is 22.5 Å². The van der Waals surface area contributed by atoms with Crippen LogP contribution in [0.1, 0.15) is 22.5 Å². The molecule has 0 aliphatic heterocycles. The molecule has 1 N–H and O–H groups in total. The Labute approximate surface area is 103 Å². The van der Waals surface area contributed by atoms with Gasteiger partial charge in [0.15, 0.2) is 0 Å². The van der Waals surface area contributed by atoms with Crippen LogP contribution in [0.3, 0.4) is 0 Å². The van der Waals surface area contributed by atoms with Gasteiger partial charge in [-0.25, -0.2) is 4.98 Å². The topological polar surface area (TPSA) is 29.9 Å². The Morgan fingerprint density at radius 1 is 1.24 bits per heavy atom. The second kappa shape index (κ2) is 4.72. The molecule has 90 valence electrons. The van der Waals surface area contributed by atoms with Crippen molar-refractivity contribution < 1.29 is 0 Å². The Kier molecular flexibility index (Phi) is 3.29. The zero-order valence-electron chi connectivity index (χ0n) is 10.9. The molecule has 3 nitrogen and oxygen atoms in total. The van der Waals surface area contributed by atoms with Crippen molar-refractivity contribution in [1.82, 2.24) is 14.9 Å². The van der Waals surface area contributed by atoms with Crippen molar-refractivity contribution in [3.05, 3.63) is 47.0 Å². The second-order valence-corrected chi connectivity index (χ2v) is 4.44. The number of benzene rings is 1. The van der Waals surface area contributed by atoms with Gasteiger partial charge in [-0.05, 0) is 45.0 Å². The normalized spacial score (nSPS) is 10.8. The number of nitrogens with one attached hydrogen (secondary N) is 1. The fourth-order valence-electron chi connectivity index (χ4n) is 1.97. The fourth-order valence-corrected chi connectivity index (χ4v) is 1.97. The summed E-state index contributed by atoms with van der Waals surface area (Å²) >= 11 is 0. The van der Waals surface area contributed by atoms with Gasteiger partial charge in [-0.2, -0.15) is 0 Å². The Morgan fingerprint density at radius 2 is 2.00 bits per heavy atom. The maximum Gasteiger partial charge on any atom is 0.0997 e. The first-order valence-electron chi connectivity index (χ1n) is 5.88. The Bertz CT molecular complexity index is 526. The Balaban J connectivity index is 2.50. The highest BCUT2D eigenvalue weighted by atomic mass is 15.1. The molecule has 3 heteroatoms. The number of aryl methyl sites for hydroxylation is 2. The summed E-state index contributed by atoms with van der Waals surface area (Å²) < 4.78 is 2.16. The van der Waals surface area contributed by atoms with Crippen molar-refractivity contribution in [3.8, 4) is 5.69 Å². The van der Waals surface area contributed by atoms with Gasteiger partial charge in [0.2, 0.25) is 0 Å². The Hall–Kier alpha value is -1.61. The number of rotatable bonds is 3. The Morgan fingerprint density at radius 3 is 2.59 bits per heavy atom. The molecule has 0 saturated carbocycles. The molecule has 0 amide bonds. The van der Waals surface area contributed by atoms with E-state index in [0.29, 0.717) is 0 Å². The molecule has 1 aromatic heterocycles. The van der Waals surface area contributed by atoms with E-state index in [0.717, 1.165) is 12.2 Å². The van der Waals surface area contributed by atoms with E-state index in [9.17, 15) is 0 Å². The molecule has 0 fully saturated rings. The summed E-state index contributed by atoms with van der Waals surface area (Å²) in [4.78, 5) is 4.36. The number of hydrogen-bond acceptors (Lipinski definition) is 2. The number of hydrogen-bond donors (Lipinski definition) is 1. The smallest absolute Gasteiger partial charge is 0.0997 e. The lowest BCUT2D eigenvalue weighted by Gasteiger charge is -2.11. The van der Waals surface area contributed by atoms with Crippen molar-refractivity contribution in [2.24, 2.45) is 0 Å². The summed E-state index contributed by atoms with van der Waals surface area (Å²) in [6, 6.07) is 6.55. The maximum absolute atomic E-state index is 4.36. The van der Waals surface area contributed by atoms with E-state index in [-0.39, 0.29) is 0 Å². The van der Waals surface area contributed by atoms with Gasteiger partial charge in [0.25, 0.3) is 0 Å². The molecule has 0 spiro atoms. The lowest BCUT2D eigenvalue weighted by Crippen LogP contribution is -2.06. The molecule has 1 aromatic carbocycles. The van der Waals surface area contributed by atoms with Crippen molar-refractivity contribution in [2.75, 3.05) is 7.05 Å². The fraction of sp³-hybridized carbons (Fsp3) is 0.357. The van der Waals surface area contributed by atoms with E-state index < -0.39 is 0 Å². The molecule has 0 atom stereocenters. The van der Waals surface area contributed by atoms with Gasteiger partial charge in [0.05, 0.1) is 12.0 Å². The second-order valence-electron chi connectivity index (χ2n) is 4.44. The van der Waals surface area contributed by atoms with Crippen LogP contribution in [0.4, 0.5) is 0 Å². The van der Waals surface area contributed by atoms with E-state index in [1.807, 2.05) is 20.3 Å². The lowest BCUT2D eigenvalue weighted by atomic mass is 10.1. The molecule has 0 radical (unpaired) electrons. The van der Waals surface area contributed by atoms with Crippen LogP contribution in [0.25, 0.3) is 5.69 Å². The minimum absolute atomic E-state index is 0.889. The summed E-state index contributed by atoms with van der Waals surface area (Å²) in [5.74, 6) is 0. The van der Waals surface area contributed by atoms with Gasteiger partial charge in [-0.15, -0.1) is 0 Å². The summed E-state index contributed by atoms with van der Waals surface area (Å²) in [6.07, 6.45) is 1.90. The number of imidazole rings is 1. The quantitative estimate of drug-likeness (QED) is 0.876. The van der Waals surface area contributed by atoms with Crippen LogP contribution < -0.4 is 5.32 Å². The van der Waals surface area contributed by atoms with Gasteiger partial charge in [-0.1, -0.05) is 12.1 Å². The summed E-state index contributed by atoms with van der Waals surface area (Å²) in [7, 11) is 1.96. The zero-order chi connectivity index (χ0) is 12.4. The van der Waals surface area contributed by atoms with E-state index in [1.54, 1.807) is 0 Å². The van der Waals surface area contributed by atoms with Crippen molar-refractivity contribution in [2.45, 2.75) is 27.3 Å². The van der Waals surface area contributed by atoms with Gasteiger partial charge >= 0.3 is 0 Å². The molecule has 0 bridgehead atoms. The molecular formula is C14H19N3. The van der Waals surface area contributed by atoms with Gasteiger partial charge in [-0.3, -0.25) is 0 Å². The molecule has 0 aliphatic rings. The molecule has 0 saturated heterocycles. The molecule has 0 aliphatic carbocycles. The third kappa shape index (κ3) is 2.24. The summed E-state index contributed by atoms with van der Waals surface area (Å²) in [5, 5.41) is 3.18. The highest BCUT2D eigenvalue weighted by Crippen LogP contribution is 2.19. The summed E-state index contributed by atoms with van der Waals surface area (Å²) in [6.45, 7) is 7.17. The average molecular weight is 229 g/mol. The lowest BCUT2D eigenvalue weighted by molar-refractivity contribution is 0.815. The molecule has 2 aromatic rings. The van der Waals surface area contributed by atoms with Crippen LogP contribution in [-0.4, -0.2) is 16.6 Å². The zero-order valence-corrected chi connectivity index (χ0v) is 10.9. The van der Waals surface area contributed by atoms with E-state index in [2.05, 4.69) is 46.9 Å². The van der Waals surface area contributed by atoms with Crippen LogP contribution in [0.15, 0.2) is 24.5 Å². The van der Waals surface area contributed by atoms with Gasteiger partial charge in [0.1, 0.15) is 0 Å². The number of nitrogens with zero attached hydrogens (tertiary/aromatic N) is 2. The van der Waals surface area contributed by atoms with Gasteiger partial charge in [0, 0.05) is 17.9 Å². The highest BCUT2D eigenvalue weighted by Gasteiger charge is 2.07. The standard InChI is InChI=1S/C14H19N3/c1-10-5-6-13(8-15-4)7-14(10)17-9-16-11(2)12(17)3/h5-7,9,15H,8H2,1-4H3. The minimum atomic E-state index is 0.889. The van der Waals surface area contributed by atoms with Crippen LogP contribution in [0.2, 0.25) is 0 Å². The van der Waals surface area contributed by atoms with Crippen molar-refractivity contribution in [3.63, 3.8) is 0 Å². The predicted octanol–water partition coefficient (Wildman–Crippen LogP) is 2.52. The van der Waals surface area contributed by atoms with Crippen LogP contribution in [0, 0.1) is 20.8 Å². The van der Waals surface area contributed by atoms with Gasteiger partial charge < -0.3 is 9.88 Å². The third-order valence-corrected chi connectivity index (χ3v) is 3.17. The van der Waals surface area contributed by atoms with Crippen LogP contribution in [0.5, 0.6) is 0 Å². The highest BCUT2D eigenvalue weighted by molar-refractivity contribution is 5.45. The predicted molar refractivity (Wildman–Crippen MR) is 70.5 cm³/mol. The average Bonchev–Trinajstić information content (AvgIpc) is 2.63. The first-order chi connectivity index (χ1) is 8.13. The first-order valence-corrected chi connectivity index (χ1v) is 5.88. The number of aromatic nitrogens is 2. The van der Waals surface area contributed by atoms with Crippen molar-refractivity contribution in [1.29, 1.82) is 0 Å². The first kappa shape index (κ1) is 11.9. The maximum atomic E-state index is 4.36. The molecular weight excluding hydrogens is 210 g/mol.